The number of primary sulfonamides is 1. The molecule has 1 atom stereocenters. The number of carbonyl (C=O) groups is 2. The van der Waals surface area contributed by atoms with Gasteiger partial charge in [-0.25, -0.2) is 18.5 Å². The minimum Gasteiger partial charge on any atom is -0.383 e. The number of sulfonamides is 1. The lowest BCUT2D eigenvalue weighted by Gasteiger charge is -2.35. The Labute approximate surface area is 169 Å². The first kappa shape index (κ1) is 20.7. The lowest BCUT2D eigenvalue weighted by molar-refractivity contribution is -0.145. The number of rotatable bonds is 3. The number of aromatic nitrogens is 1. The van der Waals surface area contributed by atoms with Crippen molar-refractivity contribution < 1.29 is 18.0 Å². The van der Waals surface area contributed by atoms with E-state index in [9.17, 15) is 18.0 Å². The van der Waals surface area contributed by atoms with Crippen LogP contribution in [0.25, 0.3) is 0 Å². The van der Waals surface area contributed by atoms with E-state index in [-0.39, 0.29) is 4.90 Å². The maximum Gasteiger partial charge on any atom is 0.313 e. The predicted molar refractivity (Wildman–Crippen MR) is 108 cm³/mol. The maximum atomic E-state index is 12.8. The minimum atomic E-state index is -3.87. The second-order valence-electron chi connectivity index (χ2n) is 7.01. The molecular weight excluding hydrogens is 394 g/mol. The minimum absolute atomic E-state index is 0.0270. The third-order valence-corrected chi connectivity index (χ3v) is 5.82. The van der Waals surface area contributed by atoms with Crippen molar-refractivity contribution in [2.75, 3.05) is 17.6 Å². The molecule has 0 unspecified atom stereocenters. The third kappa shape index (κ3) is 4.72. The Morgan fingerprint density at radius 1 is 1.24 bits per heavy atom. The molecule has 1 aliphatic heterocycles. The van der Waals surface area contributed by atoms with Crippen LogP contribution in [0, 0.1) is 6.92 Å². The fourth-order valence-electron chi connectivity index (χ4n) is 3.39. The number of nitrogens with two attached hydrogens (primary N) is 2. The van der Waals surface area contributed by atoms with Crippen LogP contribution < -0.4 is 16.2 Å². The Morgan fingerprint density at radius 2 is 2.00 bits per heavy atom. The smallest absolute Gasteiger partial charge is 0.313 e. The molecule has 29 heavy (non-hydrogen) atoms. The zero-order valence-electron chi connectivity index (χ0n) is 16.0. The first-order chi connectivity index (χ1) is 13.7. The molecule has 2 heterocycles. The molecule has 0 radical (unpaired) electrons. The van der Waals surface area contributed by atoms with Gasteiger partial charge in [0.05, 0.1) is 22.8 Å². The molecule has 0 saturated carbocycles. The zero-order chi connectivity index (χ0) is 21.2. The Balaban J connectivity index is 1.82. The third-order valence-electron chi connectivity index (χ3n) is 4.91. The number of nitrogens with one attached hydrogen (secondary N) is 1. The number of anilines is 2. The van der Waals surface area contributed by atoms with E-state index in [4.69, 9.17) is 10.9 Å². The molecule has 0 bridgehead atoms. The Kier molecular flexibility index (Phi) is 5.85. The van der Waals surface area contributed by atoms with Crippen LogP contribution >= 0.6 is 0 Å². The Bertz CT molecular complexity index is 1050. The van der Waals surface area contributed by atoms with Gasteiger partial charge >= 0.3 is 11.8 Å². The van der Waals surface area contributed by atoms with Crippen LogP contribution in [-0.4, -0.2) is 36.7 Å². The summed E-state index contributed by atoms with van der Waals surface area (Å²) in [5, 5.41) is 7.77. The van der Waals surface area contributed by atoms with E-state index in [1.54, 1.807) is 25.1 Å². The Morgan fingerprint density at radius 3 is 2.69 bits per heavy atom. The second-order valence-corrected chi connectivity index (χ2v) is 8.57. The Hall–Kier alpha value is -2.98. The van der Waals surface area contributed by atoms with Gasteiger partial charge in [-0.2, -0.15) is 0 Å². The highest BCUT2D eigenvalue weighted by Crippen LogP contribution is 2.32. The van der Waals surface area contributed by atoms with E-state index in [0.717, 1.165) is 12.8 Å². The van der Waals surface area contributed by atoms with Crippen molar-refractivity contribution in [2.24, 2.45) is 5.14 Å². The summed E-state index contributed by atoms with van der Waals surface area (Å²) in [5.74, 6) is -1.13. The lowest BCUT2D eigenvalue weighted by Crippen LogP contribution is -2.44. The number of pyridine rings is 1. The van der Waals surface area contributed by atoms with Crippen LogP contribution in [0.2, 0.25) is 0 Å². The maximum absolute atomic E-state index is 12.8. The average molecular weight is 417 g/mol. The highest BCUT2D eigenvalue weighted by atomic mass is 32.2. The molecule has 1 fully saturated rings. The summed E-state index contributed by atoms with van der Waals surface area (Å²) >= 11 is 0. The van der Waals surface area contributed by atoms with Gasteiger partial charge in [0, 0.05) is 6.54 Å². The molecule has 1 aliphatic rings. The van der Waals surface area contributed by atoms with Gasteiger partial charge in [0.2, 0.25) is 10.0 Å². The monoisotopic (exact) mass is 417 g/mol. The normalized spacial score (nSPS) is 17.0. The van der Waals surface area contributed by atoms with Gasteiger partial charge in [-0.1, -0.05) is 12.1 Å². The molecule has 154 valence electrons. The molecule has 2 aromatic rings. The van der Waals surface area contributed by atoms with Crippen molar-refractivity contribution in [3.8, 4) is 0 Å². The van der Waals surface area contributed by atoms with E-state index in [2.05, 4.69) is 10.3 Å². The predicted octanol–water partition coefficient (Wildman–Crippen LogP) is 1.31. The lowest BCUT2D eigenvalue weighted by atomic mass is 9.95. The van der Waals surface area contributed by atoms with Crippen molar-refractivity contribution in [2.45, 2.75) is 37.1 Å². The van der Waals surface area contributed by atoms with Gasteiger partial charge in [0.1, 0.15) is 5.82 Å². The summed E-state index contributed by atoms with van der Waals surface area (Å²) in [6.45, 7) is 2.15. The van der Waals surface area contributed by atoms with E-state index >= 15 is 0 Å². The summed E-state index contributed by atoms with van der Waals surface area (Å²) < 4.78 is 23.3. The van der Waals surface area contributed by atoms with Crippen molar-refractivity contribution in [1.29, 1.82) is 0 Å². The number of hydrogen-bond donors (Lipinski definition) is 3. The van der Waals surface area contributed by atoms with Crippen LogP contribution in [0.1, 0.15) is 36.4 Å². The fourth-order valence-corrected chi connectivity index (χ4v) is 3.96. The number of nitrogens with zero attached hydrogens (tertiary/aromatic N) is 2. The zero-order valence-corrected chi connectivity index (χ0v) is 16.8. The van der Waals surface area contributed by atoms with Crippen LogP contribution in [-0.2, 0) is 19.6 Å². The molecule has 9 nitrogen and oxygen atoms in total. The summed E-state index contributed by atoms with van der Waals surface area (Å²) in [7, 11) is -3.87. The average Bonchev–Trinajstić information content (AvgIpc) is 2.69. The first-order valence-electron chi connectivity index (χ1n) is 9.13. The highest BCUT2D eigenvalue weighted by molar-refractivity contribution is 7.89. The number of benzene rings is 1. The molecule has 0 spiro atoms. The molecular formula is C19H23N5O4S. The summed E-state index contributed by atoms with van der Waals surface area (Å²) in [4.78, 5) is 30.8. The number of piperidine rings is 1. The molecule has 1 saturated heterocycles. The van der Waals surface area contributed by atoms with Crippen LogP contribution in [0.4, 0.5) is 11.5 Å². The molecule has 1 aromatic heterocycles. The van der Waals surface area contributed by atoms with E-state index in [1.165, 1.54) is 23.2 Å². The number of aryl methyl sites for hydroxylation is 1. The van der Waals surface area contributed by atoms with E-state index in [1.807, 2.05) is 0 Å². The van der Waals surface area contributed by atoms with Crippen molar-refractivity contribution in [3.63, 3.8) is 0 Å². The van der Waals surface area contributed by atoms with E-state index < -0.39 is 27.9 Å². The van der Waals surface area contributed by atoms with Crippen LogP contribution in [0.5, 0.6) is 0 Å². The molecule has 5 N–H and O–H groups in total. The van der Waals surface area contributed by atoms with E-state index in [0.29, 0.717) is 35.6 Å². The molecule has 3 rings (SSSR count). The largest absolute Gasteiger partial charge is 0.383 e. The van der Waals surface area contributed by atoms with Gasteiger partial charge in [-0.15, -0.1) is 0 Å². The van der Waals surface area contributed by atoms with Gasteiger partial charge in [-0.3, -0.25) is 9.59 Å². The fraction of sp³-hybridized carbons (Fsp3) is 0.316. The van der Waals surface area contributed by atoms with Crippen LogP contribution in [0.15, 0.2) is 41.4 Å². The summed E-state index contributed by atoms with van der Waals surface area (Å²) in [6.07, 6.45) is 3.62. The van der Waals surface area contributed by atoms with Crippen LogP contribution in [0.3, 0.4) is 0 Å². The number of nitrogen functional groups attached to an aromatic ring is 1. The molecule has 10 heteroatoms. The van der Waals surface area contributed by atoms with Gasteiger partial charge in [0.15, 0.2) is 0 Å². The van der Waals surface area contributed by atoms with Gasteiger partial charge < -0.3 is 16.0 Å². The second kappa shape index (κ2) is 8.18. The first-order valence-corrected chi connectivity index (χ1v) is 10.7. The number of hydrogen-bond acceptors (Lipinski definition) is 6. The number of amides is 2. The quantitative estimate of drug-likeness (QED) is 0.641. The highest BCUT2D eigenvalue weighted by Gasteiger charge is 2.32. The molecule has 1 aromatic carbocycles. The topological polar surface area (TPSA) is 148 Å². The number of carbonyl (C=O) groups excluding carboxylic acids is 2. The SMILES string of the molecule is Cc1cc(NC(=O)C(=O)N2CCCC[C@H]2c2cccc(S(N)(=O)=O)c2)cnc1N. The summed E-state index contributed by atoms with van der Waals surface area (Å²) in [6, 6.07) is 7.39. The number of likely N-dealkylation sites (tertiary alicyclic amines) is 1. The van der Waals surface area contributed by atoms with Gasteiger partial charge in [0.25, 0.3) is 0 Å². The standard InChI is InChI=1S/C19H23N5O4S/c1-12-9-14(11-22-17(12)20)23-18(25)19(26)24-8-3-2-7-16(24)13-5-4-6-15(10-13)29(21,27)28/h4-6,9-11,16H,2-3,7-8H2,1H3,(H2,20,22)(H,23,25)(H2,21,27,28)/t16-/m0/s1. The van der Waals surface area contributed by atoms with Gasteiger partial charge in [-0.05, 0) is 55.5 Å². The van der Waals surface area contributed by atoms with Crippen molar-refractivity contribution in [3.05, 3.63) is 47.7 Å². The summed E-state index contributed by atoms with van der Waals surface area (Å²) in [5.41, 5.74) is 7.36. The molecule has 0 aliphatic carbocycles. The van der Waals surface area contributed by atoms with Crippen molar-refractivity contribution in [1.82, 2.24) is 9.88 Å². The van der Waals surface area contributed by atoms with Crippen molar-refractivity contribution >= 4 is 33.3 Å². The molecule has 2 amide bonds.